The summed E-state index contributed by atoms with van der Waals surface area (Å²) in [5.74, 6) is 0.435. The van der Waals surface area contributed by atoms with Crippen molar-refractivity contribution >= 4 is 24.8 Å². The highest BCUT2D eigenvalue weighted by Crippen LogP contribution is 2.30. The van der Waals surface area contributed by atoms with E-state index in [0.717, 1.165) is 51.0 Å². The predicted octanol–water partition coefficient (Wildman–Crippen LogP) is 3.81. The fourth-order valence-corrected chi connectivity index (χ4v) is 2.83. The van der Waals surface area contributed by atoms with E-state index in [4.69, 9.17) is 4.74 Å². The van der Waals surface area contributed by atoms with E-state index in [2.05, 4.69) is 17.1 Å². The monoisotopic (exact) mass is 352 g/mol. The molecule has 128 valence electrons. The van der Waals surface area contributed by atoms with Crippen LogP contribution in [0.2, 0.25) is 0 Å². The molecule has 3 nitrogen and oxygen atoms in total. The second kappa shape index (κ2) is 11.1. The Morgan fingerprint density at radius 2 is 1.95 bits per heavy atom. The zero-order chi connectivity index (χ0) is 14.4. The number of piperazine rings is 1. The molecule has 0 bridgehead atoms. The molecule has 0 aliphatic carbocycles. The number of ether oxygens (including phenoxy) is 1. The van der Waals surface area contributed by atoms with E-state index in [1.165, 1.54) is 6.07 Å². The number of unbranched alkanes of at least 4 members (excludes halogenated alkanes) is 1. The fraction of sp³-hybridized carbons (Fsp3) is 0.625. The molecule has 1 heterocycles. The van der Waals surface area contributed by atoms with E-state index >= 15 is 0 Å². The Kier molecular flexibility index (Phi) is 10.8. The number of hydrogen-bond donors (Lipinski definition) is 1. The van der Waals surface area contributed by atoms with Gasteiger partial charge in [0.15, 0.2) is 0 Å². The Hall–Kier alpha value is -0.550. The topological polar surface area (TPSA) is 24.5 Å². The summed E-state index contributed by atoms with van der Waals surface area (Å²) < 4.78 is 19.4. The Morgan fingerprint density at radius 3 is 2.50 bits per heavy atom. The highest BCUT2D eigenvalue weighted by molar-refractivity contribution is 5.85. The minimum atomic E-state index is -0.149. The van der Waals surface area contributed by atoms with E-state index < -0.39 is 0 Å². The molecule has 0 spiro atoms. The van der Waals surface area contributed by atoms with Crippen LogP contribution in [0.3, 0.4) is 0 Å². The van der Waals surface area contributed by atoms with E-state index in [-0.39, 0.29) is 36.7 Å². The van der Waals surface area contributed by atoms with E-state index in [1.54, 1.807) is 7.11 Å². The lowest BCUT2D eigenvalue weighted by molar-refractivity contribution is 0.160. The zero-order valence-corrected chi connectivity index (χ0v) is 14.9. The number of halogens is 3. The van der Waals surface area contributed by atoms with Crippen molar-refractivity contribution in [3.05, 3.63) is 29.6 Å². The molecule has 0 radical (unpaired) electrons. The maximum atomic E-state index is 14.3. The van der Waals surface area contributed by atoms with E-state index in [1.807, 2.05) is 12.1 Å². The third kappa shape index (κ3) is 5.58. The summed E-state index contributed by atoms with van der Waals surface area (Å²) in [5, 5.41) is 3.35. The van der Waals surface area contributed by atoms with Gasteiger partial charge in [-0.3, -0.25) is 4.90 Å². The first-order valence-electron chi connectivity index (χ1n) is 7.54. The number of hydrogen-bond acceptors (Lipinski definition) is 3. The van der Waals surface area contributed by atoms with Gasteiger partial charge >= 0.3 is 0 Å². The molecule has 1 aliphatic heterocycles. The molecule has 1 aromatic rings. The van der Waals surface area contributed by atoms with Crippen LogP contribution in [0.15, 0.2) is 18.2 Å². The van der Waals surface area contributed by atoms with Crippen molar-refractivity contribution < 1.29 is 9.13 Å². The van der Waals surface area contributed by atoms with Gasteiger partial charge in [0.2, 0.25) is 0 Å². The fourth-order valence-electron chi connectivity index (χ4n) is 2.83. The quantitative estimate of drug-likeness (QED) is 0.842. The minimum absolute atomic E-state index is 0. The van der Waals surface area contributed by atoms with Crippen molar-refractivity contribution in [2.24, 2.45) is 0 Å². The van der Waals surface area contributed by atoms with Crippen molar-refractivity contribution in [2.45, 2.75) is 32.2 Å². The molecule has 0 saturated carbocycles. The van der Waals surface area contributed by atoms with Crippen LogP contribution in [0.1, 0.15) is 37.8 Å². The molecular weight excluding hydrogens is 326 g/mol. The first-order valence-corrected chi connectivity index (χ1v) is 7.54. The number of nitrogens with one attached hydrogen (secondary N) is 1. The molecular formula is C16H27Cl2FN2O. The zero-order valence-electron chi connectivity index (χ0n) is 13.3. The maximum absolute atomic E-state index is 14.3. The summed E-state index contributed by atoms with van der Waals surface area (Å²) in [6.07, 6.45) is 3.28. The van der Waals surface area contributed by atoms with Gasteiger partial charge in [0.1, 0.15) is 11.6 Å². The summed E-state index contributed by atoms with van der Waals surface area (Å²) in [4.78, 5) is 2.40. The second-order valence-electron chi connectivity index (χ2n) is 5.33. The molecule has 0 unspecified atom stereocenters. The number of nitrogens with zero attached hydrogens (tertiary/aromatic N) is 1. The lowest BCUT2D eigenvalue weighted by Gasteiger charge is -2.35. The van der Waals surface area contributed by atoms with Crippen LogP contribution >= 0.6 is 24.8 Å². The molecule has 1 N–H and O–H groups in total. The lowest BCUT2D eigenvalue weighted by atomic mass is 9.98. The van der Waals surface area contributed by atoms with Crippen LogP contribution in [0.5, 0.6) is 5.75 Å². The van der Waals surface area contributed by atoms with Crippen molar-refractivity contribution in [3.63, 3.8) is 0 Å². The second-order valence-corrected chi connectivity index (χ2v) is 5.33. The van der Waals surface area contributed by atoms with Crippen molar-refractivity contribution in [1.82, 2.24) is 10.2 Å². The summed E-state index contributed by atoms with van der Waals surface area (Å²) >= 11 is 0. The molecule has 1 aliphatic rings. The normalized spacial score (nSPS) is 16.3. The van der Waals surface area contributed by atoms with Gasteiger partial charge in [-0.1, -0.05) is 25.8 Å². The van der Waals surface area contributed by atoms with Crippen molar-refractivity contribution in [2.75, 3.05) is 33.3 Å². The SMILES string of the molecule is CCCC[C@H](c1ccc(OC)cc1F)N1CCNCC1.Cl.Cl. The Balaban J connectivity index is 0.00000220. The Bertz CT molecular complexity index is 429. The van der Waals surface area contributed by atoms with Gasteiger partial charge < -0.3 is 10.1 Å². The molecule has 6 heteroatoms. The van der Waals surface area contributed by atoms with Crippen LogP contribution in [0, 0.1) is 5.82 Å². The summed E-state index contributed by atoms with van der Waals surface area (Å²) in [5.41, 5.74) is 0.807. The maximum Gasteiger partial charge on any atom is 0.131 e. The smallest absolute Gasteiger partial charge is 0.131 e. The highest BCUT2D eigenvalue weighted by atomic mass is 35.5. The highest BCUT2D eigenvalue weighted by Gasteiger charge is 2.24. The number of benzene rings is 1. The third-order valence-corrected chi connectivity index (χ3v) is 3.99. The molecule has 1 atom stereocenters. The summed E-state index contributed by atoms with van der Waals surface area (Å²) in [7, 11) is 1.57. The van der Waals surface area contributed by atoms with Crippen molar-refractivity contribution in [1.29, 1.82) is 0 Å². The molecule has 0 amide bonds. The molecule has 1 aromatic carbocycles. The molecule has 2 rings (SSSR count). The summed E-state index contributed by atoms with van der Waals surface area (Å²) in [6.45, 7) is 6.12. The Labute approximate surface area is 145 Å². The van der Waals surface area contributed by atoms with Crippen LogP contribution in [-0.4, -0.2) is 38.2 Å². The number of methoxy groups -OCH3 is 1. The van der Waals surface area contributed by atoms with Gasteiger partial charge in [-0.25, -0.2) is 4.39 Å². The summed E-state index contributed by atoms with van der Waals surface area (Å²) in [6, 6.07) is 5.43. The van der Waals surface area contributed by atoms with Crippen LogP contribution in [0.25, 0.3) is 0 Å². The van der Waals surface area contributed by atoms with Crippen molar-refractivity contribution in [3.8, 4) is 5.75 Å². The van der Waals surface area contributed by atoms with Crippen LogP contribution in [0.4, 0.5) is 4.39 Å². The standard InChI is InChI=1S/C16H25FN2O.2ClH/c1-3-4-5-16(19-10-8-18-9-11-19)14-7-6-13(20-2)12-15(14)17;;/h6-7,12,16,18H,3-5,8-11H2,1-2H3;2*1H/t16-;;/m1../s1. The van der Waals surface area contributed by atoms with Gasteiger partial charge in [0.25, 0.3) is 0 Å². The minimum Gasteiger partial charge on any atom is -0.497 e. The van der Waals surface area contributed by atoms with Crippen LogP contribution in [-0.2, 0) is 0 Å². The van der Waals surface area contributed by atoms with Gasteiger partial charge in [-0.15, -0.1) is 24.8 Å². The van der Waals surface area contributed by atoms with Gasteiger partial charge in [-0.2, -0.15) is 0 Å². The average molecular weight is 353 g/mol. The Morgan fingerprint density at radius 1 is 1.27 bits per heavy atom. The van der Waals surface area contributed by atoms with Gasteiger partial charge in [-0.05, 0) is 12.5 Å². The number of rotatable bonds is 6. The first kappa shape index (κ1) is 21.4. The van der Waals surface area contributed by atoms with Gasteiger partial charge in [0.05, 0.1) is 7.11 Å². The van der Waals surface area contributed by atoms with E-state index in [9.17, 15) is 4.39 Å². The van der Waals surface area contributed by atoms with Gasteiger partial charge in [0, 0.05) is 43.9 Å². The molecule has 1 fully saturated rings. The third-order valence-electron chi connectivity index (χ3n) is 3.99. The lowest BCUT2D eigenvalue weighted by Crippen LogP contribution is -2.45. The van der Waals surface area contributed by atoms with E-state index in [0.29, 0.717) is 5.75 Å². The molecule has 22 heavy (non-hydrogen) atoms. The van der Waals surface area contributed by atoms with Crippen LogP contribution < -0.4 is 10.1 Å². The first-order chi connectivity index (χ1) is 9.76. The average Bonchev–Trinajstić information content (AvgIpc) is 2.50. The molecule has 0 aromatic heterocycles. The largest absolute Gasteiger partial charge is 0.497 e. The molecule has 1 saturated heterocycles. The predicted molar refractivity (Wildman–Crippen MR) is 94.2 cm³/mol.